The molecule has 0 aliphatic carbocycles. The molecule has 3 unspecified atom stereocenters. The van der Waals surface area contributed by atoms with Crippen molar-refractivity contribution in [2.24, 2.45) is 0 Å². The van der Waals surface area contributed by atoms with Crippen LogP contribution in [0.15, 0.2) is 60.8 Å². The van der Waals surface area contributed by atoms with E-state index in [2.05, 4.69) is 67.8 Å². The molecule has 0 saturated carbocycles. The molecule has 0 heterocycles. The second kappa shape index (κ2) is 58.8. The third-order valence-electron chi connectivity index (χ3n) is 15.0. The monoisotopic (exact) mass is 1100 g/mol. The van der Waals surface area contributed by atoms with Gasteiger partial charge in [-0.2, -0.15) is 0 Å². The maximum atomic E-state index is 13.0. The normalized spacial score (nSPS) is 14.1. The predicted octanol–water partition coefficient (Wildman–Crippen LogP) is 20.8. The number of aliphatic hydroxyl groups is 1. The smallest absolute Gasteiger partial charge is 0.387 e. The number of rotatable bonds is 61. The number of hydrogen-bond acceptors (Lipinski definition) is 5. The van der Waals surface area contributed by atoms with Crippen molar-refractivity contribution in [3.8, 4) is 0 Å². The summed E-state index contributed by atoms with van der Waals surface area (Å²) in [5.74, 6) is -0.183. The van der Waals surface area contributed by atoms with Crippen molar-refractivity contribution in [3.63, 3.8) is 0 Å². The summed E-state index contributed by atoms with van der Waals surface area (Å²) < 4.78 is 23.7. The third-order valence-corrected chi connectivity index (χ3v) is 15.9. The van der Waals surface area contributed by atoms with Crippen molar-refractivity contribution >= 4 is 13.7 Å². The number of phosphoric ester groups is 1. The summed E-state index contributed by atoms with van der Waals surface area (Å²) in [4.78, 5) is 23.3. The summed E-state index contributed by atoms with van der Waals surface area (Å²) in [7, 11) is 1.56. The van der Waals surface area contributed by atoms with E-state index >= 15 is 0 Å². The van der Waals surface area contributed by atoms with E-state index in [0.717, 1.165) is 51.4 Å². The molecule has 0 fully saturated rings. The summed E-state index contributed by atoms with van der Waals surface area (Å²) in [6.07, 6.45) is 80.9. The van der Waals surface area contributed by atoms with Crippen molar-refractivity contribution in [1.82, 2.24) is 5.32 Å². The lowest BCUT2D eigenvalue weighted by Gasteiger charge is -2.25. The maximum Gasteiger partial charge on any atom is 0.472 e. The Labute approximate surface area is 479 Å². The van der Waals surface area contributed by atoms with Crippen LogP contribution in [0, 0.1) is 0 Å². The Kier molecular flexibility index (Phi) is 57.5. The fraction of sp³-hybridized carbons (Fsp3) is 0.838. The zero-order valence-electron chi connectivity index (χ0n) is 51.7. The summed E-state index contributed by atoms with van der Waals surface area (Å²) in [5.41, 5.74) is 0. The number of likely N-dealkylation sites (N-methyl/N-ethyl adjacent to an activating group) is 1. The van der Waals surface area contributed by atoms with Crippen molar-refractivity contribution in [2.75, 3.05) is 40.9 Å². The zero-order valence-corrected chi connectivity index (χ0v) is 52.6. The zero-order chi connectivity index (χ0) is 56.3. The lowest BCUT2D eigenvalue weighted by Crippen LogP contribution is -2.45. The van der Waals surface area contributed by atoms with Gasteiger partial charge >= 0.3 is 7.82 Å². The Morgan fingerprint density at radius 1 is 0.442 bits per heavy atom. The standard InChI is InChI=1S/C68H129N2O6P/c1-6-8-10-12-14-16-18-20-22-23-24-25-26-27-28-29-30-31-32-33-34-35-36-37-38-39-40-41-42-43-44-45-46-47-48-50-52-54-56-58-60-62-68(72)69-66(65-76-77(73,74)75-64-63-70(3,4)5)67(71)61-59-57-55-53-51-49-21-19-17-15-13-11-9-7-2/h18,20,23-24,26-27,51,53,59,61,66-67,71H,6-17,19,21-22,25,28-50,52,54-58,60,62-65H2,1-5H3,(H-,69,72,73,74)/p+1/b20-18-,24-23-,27-26-,53-51+,61-59+. The Morgan fingerprint density at radius 3 is 1.13 bits per heavy atom. The van der Waals surface area contributed by atoms with Crippen LogP contribution in [0.25, 0.3) is 0 Å². The topological polar surface area (TPSA) is 105 Å². The number of quaternary nitrogens is 1. The molecular formula is C68H130N2O6P+. The molecule has 0 aliphatic rings. The van der Waals surface area contributed by atoms with Gasteiger partial charge in [0.05, 0.1) is 39.9 Å². The first-order valence-electron chi connectivity index (χ1n) is 33.2. The lowest BCUT2D eigenvalue weighted by molar-refractivity contribution is -0.870. The highest BCUT2D eigenvalue weighted by Crippen LogP contribution is 2.43. The van der Waals surface area contributed by atoms with Crippen molar-refractivity contribution in [1.29, 1.82) is 0 Å². The average molecular weight is 1100 g/mol. The van der Waals surface area contributed by atoms with E-state index in [4.69, 9.17) is 9.05 Å². The molecule has 0 aromatic rings. The van der Waals surface area contributed by atoms with Crippen LogP contribution in [-0.4, -0.2) is 73.4 Å². The number of hydrogen-bond donors (Lipinski definition) is 3. The van der Waals surface area contributed by atoms with Gasteiger partial charge < -0.3 is 19.8 Å². The van der Waals surface area contributed by atoms with Gasteiger partial charge in [-0.3, -0.25) is 13.8 Å². The molecule has 0 rings (SSSR count). The van der Waals surface area contributed by atoms with Crippen LogP contribution in [-0.2, 0) is 18.4 Å². The summed E-state index contributed by atoms with van der Waals surface area (Å²) >= 11 is 0. The van der Waals surface area contributed by atoms with Gasteiger partial charge in [-0.15, -0.1) is 0 Å². The van der Waals surface area contributed by atoms with E-state index in [1.54, 1.807) is 6.08 Å². The van der Waals surface area contributed by atoms with Crippen LogP contribution < -0.4 is 5.32 Å². The number of carbonyl (C=O) groups is 1. The van der Waals surface area contributed by atoms with Gasteiger partial charge in [0.15, 0.2) is 0 Å². The van der Waals surface area contributed by atoms with E-state index in [-0.39, 0.29) is 19.1 Å². The summed E-state index contributed by atoms with van der Waals surface area (Å²) in [6, 6.07) is -0.862. The molecule has 0 spiro atoms. The first-order chi connectivity index (χ1) is 37.5. The first kappa shape index (κ1) is 75.2. The van der Waals surface area contributed by atoms with Gasteiger partial charge in [-0.25, -0.2) is 4.57 Å². The molecule has 77 heavy (non-hydrogen) atoms. The highest BCUT2D eigenvalue weighted by molar-refractivity contribution is 7.47. The number of phosphoric acid groups is 1. The minimum absolute atomic E-state index is 0.0568. The first-order valence-corrected chi connectivity index (χ1v) is 34.7. The number of amides is 1. The van der Waals surface area contributed by atoms with Crippen LogP contribution >= 0.6 is 7.82 Å². The molecule has 0 radical (unpaired) electrons. The molecule has 3 atom stereocenters. The predicted molar refractivity (Wildman–Crippen MR) is 337 cm³/mol. The number of nitrogens with one attached hydrogen (secondary N) is 1. The Balaban J connectivity index is 3.88. The molecule has 0 aromatic carbocycles. The minimum Gasteiger partial charge on any atom is -0.387 e. The van der Waals surface area contributed by atoms with E-state index in [1.165, 1.54) is 244 Å². The van der Waals surface area contributed by atoms with Gasteiger partial charge in [0.2, 0.25) is 5.91 Å². The number of nitrogens with zero attached hydrogens (tertiary/aromatic N) is 1. The summed E-state index contributed by atoms with van der Waals surface area (Å²) in [5, 5.41) is 13.9. The largest absolute Gasteiger partial charge is 0.472 e. The Morgan fingerprint density at radius 2 is 0.753 bits per heavy atom. The molecule has 9 heteroatoms. The van der Waals surface area contributed by atoms with E-state index in [0.29, 0.717) is 17.4 Å². The van der Waals surface area contributed by atoms with Crippen LogP contribution in [0.3, 0.4) is 0 Å². The molecule has 0 saturated heterocycles. The summed E-state index contributed by atoms with van der Waals surface area (Å²) in [6.45, 7) is 4.80. The van der Waals surface area contributed by atoms with Gasteiger partial charge in [0.25, 0.3) is 0 Å². The molecule has 8 nitrogen and oxygen atoms in total. The van der Waals surface area contributed by atoms with Gasteiger partial charge in [-0.05, 0) is 70.6 Å². The highest BCUT2D eigenvalue weighted by atomic mass is 31.2. The minimum atomic E-state index is -4.35. The van der Waals surface area contributed by atoms with Gasteiger partial charge in [0, 0.05) is 6.42 Å². The third kappa shape index (κ3) is 61.7. The Bertz CT molecular complexity index is 1440. The number of aliphatic hydroxyl groups excluding tert-OH is 1. The SMILES string of the molecule is CCCCCCC/C=C\C/C=C\C/C=C\CCCCCCCCCCCCCCCCCCCCCCCCCCCCC(=O)NC(COP(=O)(O)OCC[N+](C)(C)C)C(O)/C=C/CC/C=C/CCCCCCCCCC. The fourth-order valence-electron chi connectivity index (χ4n) is 9.77. The number of unbranched alkanes of at least 4 members (excludes halogenated alkanes) is 40. The number of carbonyl (C=O) groups excluding carboxylic acids is 1. The molecule has 0 bridgehead atoms. The van der Waals surface area contributed by atoms with Crippen LogP contribution in [0.1, 0.15) is 316 Å². The second-order valence-corrected chi connectivity index (χ2v) is 25.3. The molecule has 3 N–H and O–H groups in total. The quantitative estimate of drug-likeness (QED) is 0.0243. The maximum absolute atomic E-state index is 13.0. The van der Waals surface area contributed by atoms with Crippen molar-refractivity contribution < 1.29 is 32.9 Å². The van der Waals surface area contributed by atoms with Gasteiger partial charge in [-0.1, -0.05) is 299 Å². The second-order valence-electron chi connectivity index (χ2n) is 23.8. The Hall–Kier alpha value is -1.80. The van der Waals surface area contributed by atoms with E-state index < -0.39 is 20.0 Å². The molecule has 0 aliphatic heterocycles. The highest BCUT2D eigenvalue weighted by Gasteiger charge is 2.28. The lowest BCUT2D eigenvalue weighted by atomic mass is 10.0. The fourth-order valence-corrected chi connectivity index (χ4v) is 10.5. The van der Waals surface area contributed by atoms with Crippen molar-refractivity contribution in [2.45, 2.75) is 328 Å². The average Bonchev–Trinajstić information content (AvgIpc) is 3.39. The van der Waals surface area contributed by atoms with E-state index in [9.17, 15) is 19.4 Å². The molecular weight excluding hydrogens is 972 g/mol. The van der Waals surface area contributed by atoms with E-state index in [1.807, 2.05) is 27.2 Å². The molecule has 1 amide bonds. The molecule has 452 valence electrons. The van der Waals surface area contributed by atoms with Crippen LogP contribution in [0.2, 0.25) is 0 Å². The number of allylic oxidation sites excluding steroid dienone is 9. The van der Waals surface area contributed by atoms with Crippen LogP contribution in [0.4, 0.5) is 0 Å². The molecule has 0 aromatic heterocycles. The van der Waals surface area contributed by atoms with Crippen LogP contribution in [0.5, 0.6) is 0 Å². The van der Waals surface area contributed by atoms with Crippen molar-refractivity contribution in [3.05, 3.63) is 60.8 Å². The van der Waals surface area contributed by atoms with Gasteiger partial charge in [0.1, 0.15) is 13.2 Å².